The molecular formula is C24H24N6O2S. The Kier molecular flexibility index (Phi) is 6.25. The predicted molar refractivity (Wildman–Crippen MR) is 130 cm³/mol. The fourth-order valence-electron chi connectivity index (χ4n) is 3.89. The van der Waals surface area contributed by atoms with Gasteiger partial charge in [-0.15, -0.1) is 0 Å². The zero-order valence-corrected chi connectivity index (χ0v) is 18.7. The van der Waals surface area contributed by atoms with Crippen LogP contribution in [0.2, 0.25) is 0 Å². The van der Waals surface area contributed by atoms with E-state index >= 15 is 0 Å². The van der Waals surface area contributed by atoms with Crippen molar-refractivity contribution in [2.45, 2.75) is 23.8 Å². The third-order valence-corrected chi connectivity index (χ3v) is 6.35. The molecule has 1 aliphatic rings. The van der Waals surface area contributed by atoms with Crippen LogP contribution in [-0.2, 0) is 11.0 Å². The molecule has 1 aliphatic heterocycles. The van der Waals surface area contributed by atoms with Gasteiger partial charge in [-0.2, -0.15) is 0 Å². The van der Waals surface area contributed by atoms with Crippen molar-refractivity contribution in [2.24, 2.45) is 5.14 Å². The molecule has 1 atom stereocenters. The van der Waals surface area contributed by atoms with E-state index in [1.165, 1.54) is 0 Å². The fraction of sp³-hybridized carbons (Fsp3) is 0.208. The minimum atomic E-state index is -1.51. The first-order chi connectivity index (χ1) is 16.2. The van der Waals surface area contributed by atoms with Crippen LogP contribution in [0.5, 0.6) is 5.75 Å². The molecule has 1 saturated heterocycles. The lowest BCUT2D eigenvalue weighted by Gasteiger charge is -2.25. The summed E-state index contributed by atoms with van der Waals surface area (Å²) in [5, 5.41) is 12.9. The normalized spacial score (nSPS) is 15.3. The summed E-state index contributed by atoms with van der Waals surface area (Å²) in [6, 6.07) is 15.0. The van der Waals surface area contributed by atoms with Gasteiger partial charge in [-0.25, -0.2) is 19.3 Å². The SMILES string of the molecule is NS(=O)c1ccc(Nc2ncc3ccc(-c4ccncc4)c(OC4CCNCC4)c3n2)cc1. The number of benzene rings is 2. The van der Waals surface area contributed by atoms with Crippen LogP contribution in [0.1, 0.15) is 12.8 Å². The third-order valence-electron chi connectivity index (χ3n) is 5.61. The highest BCUT2D eigenvalue weighted by molar-refractivity contribution is 7.82. The van der Waals surface area contributed by atoms with Gasteiger partial charge < -0.3 is 15.4 Å². The Labute approximate surface area is 194 Å². The maximum atomic E-state index is 11.4. The number of nitrogens with zero attached hydrogens (tertiary/aromatic N) is 3. The van der Waals surface area contributed by atoms with E-state index < -0.39 is 11.0 Å². The van der Waals surface area contributed by atoms with Gasteiger partial charge in [0.15, 0.2) is 5.75 Å². The second-order valence-electron chi connectivity index (χ2n) is 7.82. The molecule has 0 amide bonds. The second kappa shape index (κ2) is 9.62. The van der Waals surface area contributed by atoms with Gasteiger partial charge in [-0.1, -0.05) is 6.07 Å². The number of pyridine rings is 1. The number of rotatable bonds is 6. The summed E-state index contributed by atoms with van der Waals surface area (Å²) in [7, 11) is -1.51. The summed E-state index contributed by atoms with van der Waals surface area (Å²) in [5.74, 6) is 1.20. The molecule has 1 fully saturated rings. The number of aromatic nitrogens is 3. The fourth-order valence-corrected chi connectivity index (χ4v) is 4.30. The summed E-state index contributed by atoms with van der Waals surface area (Å²) in [6.07, 6.45) is 7.35. The Bertz CT molecular complexity index is 1280. The van der Waals surface area contributed by atoms with E-state index in [0.717, 1.165) is 59.4 Å². The van der Waals surface area contributed by atoms with E-state index in [-0.39, 0.29) is 6.10 Å². The van der Waals surface area contributed by atoms with Gasteiger partial charge in [0.2, 0.25) is 5.95 Å². The van der Waals surface area contributed by atoms with Crippen LogP contribution in [0, 0.1) is 0 Å². The average molecular weight is 461 g/mol. The number of fused-ring (bicyclic) bond motifs is 1. The smallest absolute Gasteiger partial charge is 0.227 e. The highest BCUT2D eigenvalue weighted by Gasteiger charge is 2.20. The number of piperidine rings is 1. The lowest BCUT2D eigenvalue weighted by molar-refractivity contribution is 0.165. The number of nitrogens with two attached hydrogens (primary N) is 1. The predicted octanol–water partition coefficient (Wildman–Crippen LogP) is 3.55. The van der Waals surface area contributed by atoms with Gasteiger partial charge >= 0.3 is 0 Å². The second-order valence-corrected chi connectivity index (χ2v) is 8.89. The van der Waals surface area contributed by atoms with Gasteiger partial charge in [-0.3, -0.25) is 4.98 Å². The molecule has 2 aromatic carbocycles. The number of nitrogens with one attached hydrogen (secondary N) is 2. The first-order valence-electron chi connectivity index (χ1n) is 10.8. The van der Waals surface area contributed by atoms with Crippen molar-refractivity contribution in [3.63, 3.8) is 0 Å². The molecule has 3 heterocycles. The summed E-state index contributed by atoms with van der Waals surface area (Å²) in [6.45, 7) is 1.87. The van der Waals surface area contributed by atoms with E-state index in [1.807, 2.05) is 18.2 Å². The zero-order chi connectivity index (χ0) is 22.6. The monoisotopic (exact) mass is 460 g/mol. The van der Waals surface area contributed by atoms with Gasteiger partial charge in [0.05, 0.1) is 4.90 Å². The van der Waals surface area contributed by atoms with E-state index in [1.54, 1.807) is 42.9 Å². The van der Waals surface area contributed by atoms with Crippen molar-refractivity contribution < 1.29 is 8.95 Å². The van der Waals surface area contributed by atoms with Crippen LogP contribution in [0.3, 0.4) is 0 Å². The van der Waals surface area contributed by atoms with Crippen LogP contribution in [0.25, 0.3) is 22.0 Å². The molecule has 0 bridgehead atoms. The van der Waals surface area contributed by atoms with Crippen molar-refractivity contribution in [1.82, 2.24) is 20.3 Å². The van der Waals surface area contributed by atoms with E-state index in [2.05, 4.69) is 26.7 Å². The molecule has 0 radical (unpaired) electrons. The topological polar surface area (TPSA) is 115 Å². The van der Waals surface area contributed by atoms with Crippen LogP contribution in [0.4, 0.5) is 11.6 Å². The molecule has 33 heavy (non-hydrogen) atoms. The maximum Gasteiger partial charge on any atom is 0.227 e. The Morgan fingerprint density at radius 2 is 1.79 bits per heavy atom. The molecule has 8 nitrogen and oxygen atoms in total. The van der Waals surface area contributed by atoms with E-state index in [0.29, 0.717) is 10.8 Å². The minimum absolute atomic E-state index is 0.119. The summed E-state index contributed by atoms with van der Waals surface area (Å²) >= 11 is 0. The van der Waals surface area contributed by atoms with Gasteiger partial charge in [0, 0.05) is 35.2 Å². The first kappa shape index (κ1) is 21.4. The molecule has 168 valence electrons. The minimum Gasteiger partial charge on any atom is -0.487 e. The summed E-state index contributed by atoms with van der Waals surface area (Å²) in [4.78, 5) is 14.0. The average Bonchev–Trinajstić information content (AvgIpc) is 2.86. The van der Waals surface area contributed by atoms with Gasteiger partial charge in [0.25, 0.3) is 0 Å². The van der Waals surface area contributed by atoms with Crippen LogP contribution >= 0.6 is 0 Å². The highest BCUT2D eigenvalue weighted by Crippen LogP contribution is 2.37. The third kappa shape index (κ3) is 4.85. The molecule has 0 aliphatic carbocycles. The molecule has 0 spiro atoms. The Balaban J connectivity index is 1.55. The molecule has 2 aromatic heterocycles. The van der Waals surface area contributed by atoms with Crippen LogP contribution < -0.4 is 20.5 Å². The molecule has 4 N–H and O–H groups in total. The van der Waals surface area contributed by atoms with Gasteiger partial charge in [-0.05, 0) is 74.0 Å². The van der Waals surface area contributed by atoms with E-state index in [9.17, 15) is 4.21 Å². The molecule has 0 saturated carbocycles. The molecular weight excluding hydrogens is 436 g/mol. The highest BCUT2D eigenvalue weighted by atomic mass is 32.2. The molecule has 4 aromatic rings. The van der Waals surface area contributed by atoms with Crippen molar-refractivity contribution in [3.05, 3.63) is 67.1 Å². The Hall–Kier alpha value is -3.40. The Morgan fingerprint density at radius 3 is 2.52 bits per heavy atom. The number of hydrogen-bond acceptors (Lipinski definition) is 7. The molecule has 1 unspecified atom stereocenters. The summed E-state index contributed by atoms with van der Waals surface area (Å²) in [5.41, 5.74) is 3.52. The largest absolute Gasteiger partial charge is 0.487 e. The molecule has 5 rings (SSSR count). The number of anilines is 2. The van der Waals surface area contributed by atoms with Crippen LogP contribution in [0.15, 0.2) is 72.0 Å². The van der Waals surface area contributed by atoms with Crippen molar-refractivity contribution in [2.75, 3.05) is 18.4 Å². The number of ether oxygens (including phenoxy) is 1. The zero-order valence-electron chi connectivity index (χ0n) is 17.9. The molecule has 9 heteroatoms. The van der Waals surface area contributed by atoms with Gasteiger partial charge in [0.1, 0.15) is 22.6 Å². The lowest BCUT2D eigenvalue weighted by Crippen LogP contribution is -2.34. The number of hydrogen-bond donors (Lipinski definition) is 3. The van der Waals surface area contributed by atoms with Crippen molar-refractivity contribution in [1.29, 1.82) is 0 Å². The quantitative estimate of drug-likeness (QED) is 0.403. The standard InChI is InChI=1S/C24H24N6O2S/c25-33(31)20-4-2-18(3-5-20)29-24-28-15-17-1-6-21(16-7-11-26-12-8-16)23(22(17)30-24)32-19-9-13-27-14-10-19/h1-8,11-12,15,19,27H,9-10,13-14,25H2,(H,28,29,30). The van der Waals surface area contributed by atoms with Crippen molar-refractivity contribution >= 4 is 33.5 Å². The lowest BCUT2D eigenvalue weighted by atomic mass is 10.0. The van der Waals surface area contributed by atoms with E-state index in [4.69, 9.17) is 14.9 Å². The summed E-state index contributed by atoms with van der Waals surface area (Å²) < 4.78 is 18.0. The maximum absolute atomic E-state index is 11.4. The Morgan fingerprint density at radius 1 is 1.03 bits per heavy atom. The van der Waals surface area contributed by atoms with Crippen molar-refractivity contribution in [3.8, 4) is 16.9 Å². The first-order valence-corrected chi connectivity index (χ1v) is 12.0. The van der Waals surface area contributed by atoms with Crippen LogP contribution in [-0.4, -0.2) is 38.4 Å².